The maximum atomic E-state index is 14.2. The van der Waals surface area contributed by atoms with Gasteiger partial charge in [0.1, 0.15) is 12.6 Å². The average molecular weight is 580 g/mol. The van der Waals surface area contributed by atoms with Gasteiger partial charge in [0.25, 0.3) is 0 Å². The van der Waals surface area contributed by atoms with Crippen LogP contribution in [0.5, 0.6) is 0 Å². The first-order valence-electron chi connectivity index (χ1n) is 14.5. The van der Waals surface area contributed by atoms with Crippen molar-refractivity contribution in [1.82, 2.24) is 4.31 Å². The molecule has 9 heteroatoms. The highest BCUT2D eigenvalue weighted by Crippen LogP contribution is 2.66. The van der Waals surface area contributed by atoms with E-state index in [9.17, 15) is 13.2 Å². The van der Waals surface area contributed by atoms with Crippen LogP contribution in [-0.4, -0.2) is 66.0 Å². The lowest BCUT2D eigenvalue weighted by molar-refractivity contribution is -0.191. The number of nitrogens with zero attached hydrogens (tertiary/aromatic N) is 1. The van der Waals surface area contributed by atoms with E-state index in [2.05, 4.69) is 40.8 Å². The maximum Gasteiger partial charge on any atom is 0.243 e. The largest absolute Gasteiger partial charge is 0.417 e. The topological polar surface area (TPSA) is 82.1 Å². The highest BCUT2D eigenvalue weighted by atomic mass is 32.2. The van der Waals surface area contributed by atoms with Crippen LogP contribution in [0.3, 0.4) is 0 Å². The molecule has 39 heavy (non-hydrogen) atoms. The van der Waals surface area contributed by atoms with Crippen LogP contribution >= 0.6 is 0 Å². The Kier molecular flexibility index (Phi) is 8.66. The lowest BCUT2D eigenvalue weighted by atomic mass is 9.49. The number of Topliss-reactive ketones (excluding diaryl/α,β-unsaturated/α-hetero) is 1. The minimum atomic E-state index is -3.75. The second-order valence-corrected chi connectivity index (χ2v) is 20.4. The average Bonchev–Trinajstić information content (AvgIpc) is 3.38. The van der Waals surface area contributed by atoms with Crippen molar-refractivity contribution in [3.05, 3.63) is 29.8 Å². The third-order valence-corrected chi connectivity index (χ3v) is 17.2. The molecule has 1 aromatic carbocycles. The van der Waals surface area contributed by atoms with Gasteiger partial charge in [0.05, 0.1) is 16.4 Å². The molecule has 1 aliphatic heterocycles. The van der Waals surface area contributed by atoms with E-state index in [0.717, 1.165) is 18.4 Å². The summed E-state index contributed by atoms with van der Waals surface area (Å²) in [6, 6.07) is 6.85. The molecule has 3 fully saturated rings. The van der Waals surface area contributed by atoms with E-state index in [4.69, 9.17) is 13.9 Å². The number of rotatable bonds is 9. The van der Waals surface area contributed by atoms with Crippen molar-refractivity contribution in [1.29, 1.82) is 0 Å². The summed E-state index contributed by atoms with van der Waals surface area (Å²) in [5.74, 6) is 0.198. The van der Waals surface area contributed by atoms with Gasteiger partial charge in [0, 0.05) is 38.1 Å². The normalized spacial score (nSPS) is 32.2. The van der Waals surface area contributed by atoms with Crippen LogP contribution in [-0.2, 0) is 28.7 Å². The second-order valence-electron chi connectivity index (χ2n) is 13.7. The lowest BCUT2D eigenvalue weighted by Gasteiger charge is -2.57. The molecule has 0 radical (unpaired) electrons. The molecule has 5 atom stereocenters. The fraction of sp³-hybridized carbons (Fsp3) is 0.767. The van der Waals surface area contributed by atoms with Crippen LogP contribution in [0, 0.1) is 23.7 Å². The predicted molar refractivity (Wildman–Crippen MR) is 155 cm³/mol. The van der Waals surface area contributed by atoms with Crippen molar-refractivity contribution in [2.75, 3.05) is 27.1 Å². The van der Waals surface area contributed by atoms with Gasteiger partial charge in [0.2, 0.25) is 10.0 Å². The lowest BCUT2D eigenvalue weighted by Crippen LogP contribution is -2.63. The first-order chi connectivity index (χ1) is 18.1. The van der Waals surface area contributed by atoms with Gasteiger partial charge in [-0.1, -0.05) is 45.4 Å². The SMILES string of the molecule is COCO[C@H]1CC[C@H]2N(S(=O)(=O)c3ccc(C)cc3)C[C@@H](CCO[Si](C)(C)C(C)(C)C)[C@@]2(C)[C@]12CCCC2=O. The van der Waals surface area contributed by atoms with Crippen LogP contribution < -0.4 is 0 Å². The minimum absolute atomic E-state index is 0.0245. The zero-order chi connectivity index (χ0) is 28.9. The van der Waals surface area contributed by atoms with Crippen molar-refractivity contribution in [3.8, 4) is 0 Å². The Labute approximate surface area is 237 Å². The van der Waals surface area contributed by atoms with E-state index in [-0.39, 0.29) is 35.7 Å². The smallest absolute Gasteiger partial charge is 0.243 e. The van der Waals surface area contributed by atoms with Crippen molar-refractivity contribution in [3.63, 3.8) is 0 Å². The van der Waals surface area contributed by atoms with Crippen molar-refractivity contribution >= 4 is 24.1 Å². The molecule has 3 aliphatic rings. The molecular weight excluding hydrogens is 530 g/mol. The first-order valence-corrected chi connectivity index (χ1v) is 18.8. The number of hydrogen-bond acceptors (Lipinski definition) is 6. The number of aryl methyl sites for hydroxylation is 1. The highest BCUT2D eigenvalue weighted by Gasteiger charge is 2.71. The Morgan fingerprint density at radius 3 is 2.36 bits per heavy atom. The molecule has 0 bridgehead atoms. The Balaban J connectivity index is 1.75. The zero-order valence-corrected chi connectivity index (χ0v) is 27.0. The predicted octanol–water partition coefficient (Wildman–Crippen LogP) is 5.92. The number of sulfonamides is 1. The number of hydrogen-bond donors (Lipinski definition) is 0. The summed E-state index contributed by atoms with van der Waals surface area (Å²) in [6.07, 6.45) is 3.79. The maximum absolute atomic E-state index is 14.2. The summed E-state index contributed by atoms with van der Waals surface area (Å²) < 4.78 is 48.2. The van der Waals surface area contributed by atoms with Gasteiger partial charge in [0.15, 0.2) is 8.32 Å². The van der Waals surface area contributed by atoms with E-state index in [0.29, 0.717) is 43.7 Å². The summed E-state index contributed by atoms with van der Waals surface area (Å²) in [4.78, 5) is 14.3. The van der Waals surface area contributed by atoms with Gasteiger partial charge in [-0.3, -0.25) is 4.79 Å². The Bertz CT molecular complexity index is 1150. The van der Waals surface area contributed by atoms with Crippen molar-refractivity contribution < 1.29 is 27.1 Å². The number of methoxy groups -OCH3 is 1. The monoisotopic (exact) mass is 579 g/mol. The minimum Gasteiger partial charge on any atom is -0.417 e. The second kappa shape index (κ2) is 10.9. The summed E-state index contributed by atoms with van der Waals surface area (Å²) in [6.45, 7) is 16.4. The van der Waals surface area contributed by atoms with Crippen LogP contribution in [0.4, 0.5) is 0 Å². The summed E-state index contributed by atoms with van der Waals surface area (Å²) in [5, 5.41) is 0.0858. The Morgan fingerprint density at radius 1 is 1.13 bits per heavy atom. The summed E-state index contributed by atoms with van der Waals surface area (Å²) in [7, 11) is -4.13. The summed E-state index contributed by atoms with van der Waals surface area (Å²) in [5.41, 5.74) is -0.272. The molecule has 2 aliphatic carbocycles. The van der Waals surface area contributed by atoms with E-state index < -0.39 is 29.2 Å². The molecule has 2 saturated carbocycles. The van der Waals surface area contributed by atoms with Gasteiger partial charge in [-0.15, -0.1) is 0 Å². The van der Waals surface area contributed by atoms with Gasteiger partial charge in [-0.25, -0.2) is 8.42 Å². The third-order valence-electron chi connectivity index (χ3n) is 10.7. The number of carbonyl (C=O) groups excluding carboxylic acids is 1. The molecule has 0 N–H and O–H groups in total. The molecule has 0 aromatic heterocycles. The van der Waals surface area contributed by atoms with Crippen molar-refractivity contribution in [2.45, 2.75) is 108 Å². The fourth-order valence-corrected chi connectivity index (χ4v) is 10.3. The van der Waals surface area contributed by atoms with E-state index in [1.807, 2.05) is 19.1 Å². The molecule has 7 nitrogen and oxygen atoms in total. The molecule has 1 aromatic rings. The molecule has 1 spiro atoms. The van der Waals surface area contributed by atoms with E-state index >= 15 is 0 Å². The molecule has 220 valence electrons. The standard InChI is InChI=1S/C30H49NO6SSi/c1-22-11-13-24(14-12-22)38(33,34)31-20-23(17-19-37-39(7,8)28(2,3)4)29(5)25(31)15-16-27(36-21-35-6)30(29)18-9-10-26(30)32/h11-14,23,25,27H,9-10,15-21H2,1-8H3/t23-,25-,27+,29-,30+/m1/s1. The Morgan fingerprint density at radius 2 is 1.79 bits per heavy atom. The Hall–Kier alpha value is -1.10. The summed E-state index contributed by atoms with van der Waals surface area (Å²) >= 11 is 0. The zero-order valence-electron chi connectivity index (χ0n) is 25.2. The number of ether oxygens (including phenoxy) is 2. The number of ketones is 1. The fourth-order valence-electron chi connectivity index (χ4n) is 7.46. The van der Waals surface area contributed by atoms with Crippen molar-refractivity contribution in [2.24, 2.45) is 16.7 Å². The molecular formula is C30H49NO6SSi. The van der Waals surface area contributed by atoms with Crippen LogP contribution in [0.1, 0.15) is 71.8 Å². The van der Waals surface area contributed by atoms with Gasteiger partial charge in [-0.2, -0.15) is 4.31 Å². The van der Waals surface area contributed by atoms with Crippen LogP contribution in [0.25, 0.3) is 0 Å². The highest BCUT2D eigenvalue weighted by molar-refractivity contribution is 7.89. The van der Waals surface area contributed by atoms with Gasteiger partial charge < -0.3 is 13.9 Å². The van der Waals surface area contributed by atoms with Gasteiger partial charge in [-0.05, 0) is 75.2 Å². The molecule has 1 heterocycles. The number of fused-ring (bicyclic) bond motifs is 2. The molecule has 1 saturated heterocycles. The van der Waals surface area contributed by atoms with E-state index in [1.165, 1.54) is 0 Å². The quantitative estimate of drug-likeness (QED) is 0.267. The van der Waals surface area contributed by atoms with E-state index in [1.54, 1.807) is 23.5 Å². The molecule has 0 unspecified atom stereocenters. The molecule has 0 amide bonds. The number of benzene rings is 1. The van der Waals surface area contributed by atoms with Gasteiger partial charge >= 0.3 is 0 Å². The first kappa shape index (κ1) is 30.8. The number of carbonyl (C=O) groups is 1. The van der Waals surface area contributed by atoms with Crippen LogP contribution in [0.2, 0.25) is 18.1 Å². The van der Waals surface area contributed by atoms with Crippen LogP contribution in [0.15, 0.2) is 29.2 Å². The third kappa shape index (κ3) is 5.10. The molecule has 4 rings (SSSR count).